The smallest absolute Gasteiger partial charge is 0.256 e. The standard InChI is InChI=1S/C17H13BrClN3O/c1-11-9-16(20-17(23)12-3-2-4-13(18)10-12)21-22(11)15-7-5-14(19)6-8-15/h2-10H,1H3,(H,20,21,23). The normalized spacial score (nSPS) is 10.6. The van der Waals surface area contributed by atoms with Crippen LogP contribution in [0.5, 0.6) is 0 Å². The van der Waals surface area contributed by atoms with Crippen molar-refractivity contribution in [3.63, 3.8) is 0 Å². The summed E-state index contributed by atoms with van der Waals surface area (Å²) >= 11 is 9.26. The summed E-state index contributed by atoms with van der Waals surface area (Å²) in [6.07, 6.45) is 0. The molecule has 1 heterocycles. The van der Waals surface area contributed by atoms with Crippen molar-refractivity contribution in [3.05, 3.63) is 75.4 Å². The van der Waals surface area contributed by atoms with Gasteiger partial charge in [0.15, 0.2) is 5.82 Å². The van der Waals surface area contributed by atoms with E-state index in [-0.39, 0.29) is 5.91 Å². The molecule has 0 saturated carbocycles. The Morgan fingerprint density at radius 1 is 1.17 bits per heavy atom. The summed E-state index contributed by atoms with van der Waals surface area (Å²) in [4.78, 5) is 12.3. The molecule has 1 N–H and O–H groups in total. The summed E-state index contributed by atoms with van der Waals surface area (Å²) in [6.45, 7) is 1.93. The van der Waals surface area contributed by atoms with Gasteiger partial charge in [-0.3, -0.25) is 4.79 Å². The van der Waals surface area contributed by atoms with E-state index in [0.717, 1.165) is 15.9 Å². The maximum Gasteiger partial charge on any atom is 0.256 e. The minimum absolute atomic E-state index is 0.202. The molecule has 3 aromatic rings. The van der Waals surface area contributed by atoms with E-state index in [1.165, 1.54) is 0 Å². The van der Waals surface area contributed by atoms with Crippen LogP contribution in [0.2, 0.25) is 5.02 Å². The molecule has 2 aromatic carbocycles. The number of aromatic nitrogens is 2. The molecule has 0 saturated heterocycles. The highest BCUT2D eigenvalue weighted by molar-refractivity contribution is 9.10. The number of rotatable bonds is 3. The maximum absolute atomic E-state index is 12.3. The third-order valence-corrected chi connectivity index (χ3v) is 4.03. The first-order valence-corrected chi connectivity index (χ1v) is 8.09. The summed E-state index contributed by atoms with van der Waals surface area (Å²) in [5, 5.41) is 7.91. The summed E-state index contributed by atoms with van der Waals surface area (Å²) in [7, 11) is 0. The van der Waals surface area contributed by atoms with Gasteiger partial charge in [-0.1, -0.05) is 33.6 Å². The Morgan fingerprint density at radius 2 is 1.91 bits per heavy atom. The molecule has 0 spiro atoms. The number of hydrogen-bond acceptors (Lipinski definition) is 2. The predicted octanol–water partition coefficient (Wildman–Crippen LogP) is 4.85. The average molecular weight is 391 g/mol. The molecular weight excluding hydrogens is 378 g/mol. The zero-order valence-electron chi connectivity index (χ0n) is 12.3. The minimum Gasteiger partial charge on any atom is -0.305 e. The number of anilines is 1. The predicted molar refractivity (Wildman–Crippen MR) is 95.4 cm³/mol. The molecular formula is C17H13BrClN3O. The van der Waals surface area contributed by atoms with E-state index in [9.17, 15) is 4.79 Å². The Morgan fingerprint density at radius 3 is 2.61 bits per heavy atom. The Labute approximate surface area is 147 Å². The SMILES string of the molecule is Cc1cc(NC(=O)c2cccc(Br)c2)nn1-c1ccc(Cl)cc1. The van der Waals surface area contributed by atoms with Crippen LogP contribution in [0.4, 0.5) is 5.82 Å². The highest BCUT2D eigenvalue weighted by Gasteiger charge is 2.11. The topological polar surface area (TPSA) is 46.9 Å². The minimum atomic E-state index is -0.202. The van der Waals surface area contributed by atoms with Gasteiger partial charge in [0, 0.05) is 26.8 Å². The first-order valence-electron chi connectivity index (χ1n) is 6.92. The third-order valence-electron chi connectivity index (χ3n) is 3.29. The number of carbonyl (C=O) groups excluding carboxylic acids is 1. The quantitative estimate of drug-likeness (QED) is 0.695. The number of aryl methyl sites for hydroxylation is 1. The molecule has 0 aliphatic rings. The molecule has 0 atom stereocenters. The number of carbonyl (C=O) groups is 1. The summed E-state index contributed by atoms with van der Waals surface area (Å²) in [5.41, 5.74) is 2.37. The lowest BCUT2D eigenvalue weighted by Crippen LogP contribution is -2.12. The van der Waals surface area contributed by atoms with Crippen LogP contribution >= 0.6 is 27.5 Å². The molecule has 0 aliphatic heterocycles. The number of nitrogens with one attached hydrogen (secondary N) is 1. The van der Waals surface area contributed by atoms with Crippen molar-refractivity contribution in [2.24, 2.45) is 0 Å². The molecule has 0 unspecified atom stereocenters. The van der Waals surface area contributed by atoms with Crippen LogP contribution in [-0.4, -0.2) is 15.7 Å². The molecule has 3 rings (SSSR count). The summed E-state index contributed by atoms with van der Waals surface area (Å²) in [6, 6.07) is 16.4. The van der Waals surface area contributed by atoms with Gasteiger partial charge in [0.25, 0.3) is 5.91 Å². The molecule has 0 aliphatic carbocycles. The number of benzene rings is 2. The fourth-order valence-corrected chi connectivity index (χ4v) is 2.72. The van der Waals surface area contributed by atoms with Crippen LogP contribution in [-0.2, 0) is 0 Å². The van der Waals surface area contributed by atoms with Crippen molar-refractivity contribution in [1.29, 1.82) is 0 Å². The van der Waals surface area contributed by atoms with Gasteiger partial charge >= 0.3 is 0 Å². The number of amides is 1. The fourth-order valence-electron chi connectivity index (χ4n) is 2.20. The molecule has 23 heavy (non-hydrogen) atoms. The van der Waals surface area contributed by atoms with Crippen molar-refractivity contribution < 1.29 is 4.79 Å². The monoisotopic (exact) mass is 389 g/mol. The molecule has 0 bridgehead atoms. The number of hydrogen-bond donors (Lipinski definition) is 1. The van der Waals surface area contributed by atoms with Gasteiger partial charge < -0.3 is 5.32 Å². The molecule has 116 valence electrons. The molecule has 1 aromatic heterocycles. The van der Waals surface area contributed by atoms with Crippen molar-refractivity contribution >= 4 is 39.3 Å². The molecule has 4 nitrogen and oxygen atoms in total. The van der Waals surface area contributed by atoms with Crippen molar-refractivity contribution in [2.75, 3.05) is 5.32 Å². The zero-order chi connectivity index (χ0) is 16.4. The van der Waals surface area contributed by atoms with Crippen LogP contribution < -0.4 is 5.32 Å². The van der Waals surface area contributed by atoms with Gasteiger partial charge in [-0.15, -0.1) is 5.10 Å². The second-order valence-corrected chi connectivity index (χ2v) is 6.38. The highest BCUT2D eigenvalue weighted by atomic mass is 79.9. The van der Waals surface area contributed by atoms with E-state index in [1.807, 2.05) is 37.3 Å². The van der Waals surface area contributed by atoms with Gasteiger partial charge in [-0.25, -0.2) is 4.68 Å². The molecule has 0 fully saturated rings. The van der Waals surface area contributed by atoms with Crippen LogP contribution in [0.15, 0.2) is 59.1 Å². The number of nitrogens with zero attached hydrogens (tertiary/aromatic N) is 2. The van der Waals surface area contributed by atoms with Gasteiger partial charge in [0.2, 0.25) is 0 Å². The summed E-state index contributed by atoms with van der Waals surface area (Å²) < 4.78 is 2.61. The van der Waals surface area contributed by atoms with Crippen LogP contribution in [0.25, 0.3) is 5.69 Å². The van der Waals surface area contributed by atoms with Gasteiger partial charge in [0.05, 0.1) is 5.69 Å². The van der Waals surface area contributed by atoms with Crippen LogP contribution in [0.1, 0.15) is 16.1 Å². The Bertz CT molecular complexity index is 859. The van der Waals surface area contributed by atoms with Gasteiger partial charge in [-0.2, -0.15) is 0 Å². The third kappa shape index (κ3) is 3.63. The molecule has 1 amide bonds. The van der Waals surface area contributed by atoms with Gasteiger partial charge in [0.1, 0.15) is 0 Å². The fraction of sp³-hybridized carbons (Fsp3) is 0.0588. The molecule has 0 radical (unpaired) electrons. The van der Waals surface area contributed by atoms with Crippen molar-refractivity contribution in [1.82, 2.24) is 9.78 Å². The Kier molecular flexibility index (Phi) is 4.50. The lowest BCUT2D eigenvalue weighted by Gasteiger charge is -2.04. The highest BCUT2D eigenvalue weighted by Crippen LogP contribution is 2.18. The summed E-state index contributed by atoms with van der Waals surface area (Å²) in [5.74, 6) is 0.300. The Hall–Kier alpha value is -2.11. The average Bonchev–Trinajstić information content (AvgIpc) is 2.88. The lowest BCUT2D eigenvalue weighted by atomic mass is 10.2. The Balaban J connectivity index is 1.83. The van der Waals surface area contributed by atoms with E-state index >= 15 is 0 Å². The second-order valence-electron chi connectivity index (χ2n) is 5.02. The van der Waals surface area contributed by atoms with E-state index in [2.05, 4.69) is 26.3 Å². The van der Waals surface area contributed by atoms with E-state index in [0.29, 0.717) is 16.4 Å². The van der Waals surface area contributed by atoms with Gasteiger partial charge in [-0.05, 0) is 49.4 Å². The maximum atomic E-state index is 12.3. The van der Waals surface area contributed by atoms with Crippen LogP contribution in [0, 0.1) is 6.92 Å². The van der Waals surface area contributed by atoms with E-state index in [1.54, 1.807) is 28.9 Å². The van der Waals surface area contributed by atoms with Crippen LogP contribution in [0.3, 0.4) is 0 Å². The van der Waals surface area contributed by atoms with Crippen molar-refractivity contribution in [2.45, 2.75) is 6.92 Å². The van der Waals surface area contributed by atoms with E-state index < -0.39 is 0 Å². The van der Waals surface area contributed by atoms with Crippen molar-refractivity contribution in [3.8, 4) is 5.69 Å². The lowest BCUT2D eigenvalue weighted by molar-refractivity contribution is 0.102. The first-order chi connectivity index (χ1) is 11.0. The zero-order valence-corrected chi connectivity index (χ0v) is 14.6. The van der Waals surface area contributed by atoms with E-state index in [4.69, 9.17) is 11.6 Å². The second kappa shape index (κ2) is 6.56. The number of halogens is 2. The first kappa shape index (κ1) is 15.8. The molecule has 6 heteroatoms. The largest absolute Gasteiger partial charge is 0.305 e.